The van der Waals surface area contributed by atoms with Crippen molar-refractivity contribution in [2.75, 3.05) is 11.5 Å². The van der Waals surface area contributed by atoms with Crippen LogP contribution in [0, 0.1) is 37.5 Å². The van der Waals surface area contributed by atoms with E-state index < -0.39 is 19.0 Å². The molecule has 0 aromatic heterocycles. The van der Waals surface area contributed by atoms with Crippen LogP contribution in [0.2, 0.25) is 0 Å². The van der Waals surface area contributed by atoms with Crippen molar-refractivity contribution in [2.24, 2.45) is 23.7 Å². The number of allylic oxidation sites excluding steroid dienone is 2. The van der Waals surface area contributed by atoms with Gasteiger partial charge >= 0.3 is 7.12 Å². The van der Waals surface area contributed by atoms with Gasteiger partial charge in [0.05, 0.1) is 30.2 Å². The Morgan fingerprint density at radius 2 is 1.79 bits per heavy atom. The lowest BCUT2D eigenvalue weighted by atomic mass is 9.67. The number of anilines is 1. The molecule has 1 aliphatic carbocycles. The molecule has 4 atom stereocenters. The van der Waals surface area contributed by atoms with Crippen LogP contribution in [0.25, 0.3) is 6.08 Å². The Hall–Kier alpha value is -3.20. The number of fused-ring (bicyclic) bond motifs is 3. The molecule has 2 fully saturated rings. The first kappa shape index (κ1) is 30.3. The second-order valence-corrected chi connectivity index (χ2v) is 12.5. The minimum Gasteiger partial charge on any atom is -0.507 e. The van der Waals surface area contributed by atoms with E-state index >= 15 is 0 Å². The summed E-state index contributed by atoms with van der Waals surface area (Å²) in [4.78, 5) is 28.8. The van der Waals surface area contributed by atoms with E-state index in [0.717, 1.165) is 42.4 Å². The van der Waals surface area contributed by atoms with Crippen LogP contribution in [0.5, 0.6) is 5.75 Å². The molecule has 2 amide bonds. The van der Waals surface area contributed by atoms with Crippen molar-refractivity contribution in [3.8, 4) is 5.75 Å². The highest BCUT2D eigenvalue weighted by molar-refractivity contribution is 6.58. The zero-order chi connectivity index (χ0) is 30.3. The summed E-state index contributed by atoms with van der Waals surface area (Å²) in [6, 6.07) is 10.4. The minimum absolute atomic E-state index is 0.0956. The molecule has 0 spiro atoms. The van der Waals surface area contributed by atoms with Crippen LogP contribution in [0.15, 0.2) is 53.1 Å². The van der Waals surface area contributed by atoms with E-state index in [1.165, 1.54) is 27.7 Å². The summed E-state index contributed by atoms with van der Waals surface area (Å²) in [6.07, 6.45) is 6.35. The van der Waals surface area contributed by atoms with Crippen LogP contribution >= 0.6 is 0 Å². The number of phenols is 1. The van der Waals surface area contributed by atoms with Gasteiger partial charge < -0.3 is 19.9 Å². The quantitative estimate of drug-likeness (QED) is 0.226. The van der Waals surface area contributed by atoms with Crippen molar-refractivity contribution in [1.29, 1.82) is 0 Å². The smallest absolute Gasteiger partial charge is 0.488 e. The molecule has 0 unspecified atom stereocenters. The molecule has 222 valence electrons. The largest absolute Gasteiger partial charge is 0.507 e. The van der Waals surface area contributed by atoms with Crippen molar-refractivity contribution < 1.29 is 29.5 Å². The van der Waals surface area contributed by atoms with Crippen molar-refractivity contribution >= 4 is 36.2 Å². The van der Waals surface area contributed by atoms with Crippen molar-refractivity contribution in [1.82, 2.24) is 0 Å². The number of benzene rings is 2. The van der Waals surface area contributed by atoms with Gasteiger partial charge in [-0.1, -0.05) is 56.5 Å². The molecule has 8 heteroatoms. The lowest BCUT2D eigenvalue weighted by Gasteiger charge is -2.33. The highest BCUT2D eigenvalue weighted by Gasteiger charge is 2.57. The summed E-state index contributed by atoms with van der Waals surface area (Å²) >= 11 is 0. The summed E-state index contributed by atoms with van der Waals surface area (Å²) in [5, 5.41) is 29.5. The highest BCUT2D eigenvalue weighted by atomic mass is 16.5. The first-order valence-electron chi connectivity index (χ1n) is 15.2. The summed E-state index contributed by atoms with van der Waals surface area (Å²) in [5.41, 5.74) is 7.21. The van der Waals surface area contributed by atoms with E-state index in [1.54, 1.807) is 18.2 Å². The van der Waals surface area contributed by atoms with Crippen LogP contribution in [-0.4, -0.2) is 46.8 Å². The van der Waals surface area contributed by atoms with E-state index in [4.69, 9.17) is 4.74 Å². The molecule has 2 aliphatic heterocycles. The van der Waals surface area contributed by atoms with Crippen molar-refractivity contribution in [2.45, 2.75) is 72.8 Å². The average molecular weight is 572 g/mol. The third-order valence-corrected chi connectivity index (χ3v) is 9.25. The van der Waals surface area contributed by atoms with Gasteiger partial charge in [0.1, 0.15) is 5.75 Å². The molecule has 0 bridgehead atoms. The Labute approximate surface area is 249 Å². The van der Waals surface area contributed by atoms with Gasteiger partial charge in [0, 0.05) is 5.92 Å². The Morgan fingerprint density at radius 1 is 1.07 bits per heavy atom. The molecule has 7 nitrogen and oxygen atoms in total. The second kappa shape index (κ2) is 12.2. The van der Waals surface area contributed by atoms with Crippen molar-refractivity contribution in [3.05, 3.63) is 69.8 Å². The van der Waals surface area contributed by atoms with Crippen molar-refractivity contribution in [3.63, 3.8) is 0 Å². The van der Waals surface area contributed by atoms with Crippen LogP contribution in [0.4, 0.5) is 5.69 Å². The first-order valence-corrected chi connectivity index (χ1v) is 15.2. The predicted octanol–water partition coefficient (Wildman–Crippen LogP) is 4.83. The third-order valence-electron chi connectivity index (χ3n) is 9.25. The third kappa shape index (κ3) is 5.60. The van der Waals surface area contributed by atoms with Gasteiger partial charge in [-0.3, -0.25) is 14.5 Å². The van der Waals surface area contributed by atoms with Gasteiger partial charge in [-0.2, -0.15) is 0 Å². The Kier molecular flexibility index (Phi) is 8.79. The number of hydrogen-bond donors (Lipinski definition) is 3. The number of phenolic OH excluding ortho intramolecular Hbond substituents is 1. The van der Waals surface area contributed by atoms with Crippen LogP contribution in [-0.2, 0) is 14.3 Å². The molecule has 3 N–H and O–H groups in total. The van der Waals surface area contributed by atoms with E-state index in [0.29, 0.717) is 24.5 Å². The zero-order valence-corrected chi connectivity index (χ0v) is 25.3. The lowest BCUT2D eigenvalue weighted by molar-refractivity contribution is -0.122. The molecule has 0 saturated carbocycles. The normalized spacial score (nSPS) is 24.1. The number of nitrogens with zero attached hydrogens (tertiary/aromatic N) is 1. The topological polar surface area (TPSA) is 107 Å². The Balaban J connectivity index is 1.40. The van der Waals surface area contributed by atoms with Gasteiger partial charge in [0.15, 0.2) is 0 Å². The van der Waals surface area contributed by atoms with Gasteiger partial charge in [0.25, 0.3) is 0 Å². The number of aryl methyl sites for hydroxylation is 2. The summed E-state index contributed by atoms with van der Waals surface area (Å²) in [6.45, 7) is 10.7. The molecule has 5 rings (SSSR count). The molecular formula is C34H42BNO6. The highest BCUT2D eigenvalue weighted by Crippen LogP contribution is 2.52. The van der Waals surface area contributed by atoms with Gasteiger partial charge in [-0.05, 0) is 97.4 Å². The van der Waals surface area contributed by atoms with Crippen LogP contribution < -0.4 is 10.4 Å². The predicted molar refractivity (Wildman–Crippen MR) is 165 cm³/mol. The lowest BCUT2D eigenvalue weighted by Crippen LogP contribution is -2.36. The SMILES string of the molecule is CCC/C(=C\c1cc(C)c(O)c(C)c1)CC[C@H]1OC[C@H]2C1=C(C(C)C)C[C@H]1C(=O)N(c3cccc(B(O)O)c3)C(=O)[C@H]12. The average Bonchev–Trinajstić information content (AvgIpc) is 3.48. The van der Waals surface area contributed by atoms with E-state index in [2.05, 4.69) is 26.8 Å². The van der Waals surface area contributed by atoms with E-state index in [1.807, 2.05) is 26.0 Å². The number of ether oxygens (including phenoxy) is 1. The zero-order valence-electron chi connectivity index (χ0n) is 25.3. The summed E-state index contributed by atoms with van der Waals surface area (Å²) < 4.78 is 6.43. The summed E-state index contributed by atoms with van der Waals surface area (Å²) in [7, 11) is -1.68. The maximum absolute atomic E-state index is 13.9. The number of carbonyl (C=O) groups excluding carboxylic acids is 2. The van der Waals surface area contributed by atoms with E-state index in [-0.39, 0.29) is 35.2 Å². The fourth-order valence-electron chi connectivity index (χ4n) is 7.25. The molecular weight excluding hydrogens is 529 g/mol. The second-order valence-electron chi connectivity index (χ2n) is 12.5. The number of hydrogen-bond acceptors (Lipinski definition) is 6. The standard InChI is InChI=1S/C34H42BNO6/c1-6-8-22(15-23-13-20(4)32(37)21(5)14-23)11-12-29-30-26(19(2)3)17-27-31(28(30)18-42-29)34(39)36(33(27)38)25-10-7-9-24(16-25)35(40)41/h7,9-10,13-16,19,27-29,31,37,40-41H,6,8,11-12,17-18H2,1-5H3/b22-15+/t27-,28+,29-,31-/m1/s1. The van der Waals surface area contributed by atoms with Gasteiger partial charge in [0.2, 0.25) is 11.8 Å². The monoisotopic (exact) mass is 571 g/mol. The van der Waals surface area contributed by atoms with Crippen LogP contribution in [0.3, 0.4) is 0 Å². The first-order chi connectivity index (χ1) is 20.0. The number of rotatable bonds is 9. The number of carbonyl (C=O) groups is 2. The molecule has 2 aromatic carbocycles. The van der Waals surface area contributed by atoms with Crippen LogP contribution in [0.1, 0.15) is 69.6 Å². The molecule has 42 heavy (non-hydrogen) atoms. The Bertz CT molecular complexity index is 1420. The molecule has 0 radical (unpaired) electrons. The maximum Gasteiger partial charge on any atom is 0.488 e. The molecule has 2 saturated heterocycles. The fourth-order valence-corrected chi connectivity index (χ4v) is 7.25. The molecule has 2 aromatic rings. The maximum atomic E-state index is 13.9. The number of amides is 2. The fraction of sp³-hybridized carbons (Fsp3) is 0.471. The molecule has 3 aliphatic rings. The van der Waals surface area contributed by atoms with E-state index in [9.17, 15) is 24.7 Å². The van der Waals surface area contributed by atoms with Gasteiger partial charge in [-0.25, -0.2) is 0 Å². The minimum atomic E-state index is -1.68. The Morgan fingerprint density at radius 3 is 2.43 bits per heavy atom. The number of aromatic hydroxyl groups is 1. The number of imide groups is 1. The molecule has 2 heterocycles. The van der Waals surface area contributed by atoms with Gasteiger partial charge in [-0.15, -0.1) is 0 Å². The summed E-state index contributed by atoms with van der Waals surface area (Å²) in [5.74, 6) is -0.931.